The van der Waals surface area contributed by atoms with Crippen molar-refractivity contribution in [1.82, 2.24) is 15.0 Å². The molecule has 0 spiro atoms. The number of β-amino-alcohol motifs (C(OH)–C–C–N with tert-alkyl or cyclic N) is 1. The number of aliphatic hydroxyl groups is 1. The molecule has 0 radical (unpaired) electrons. The molecular formula is C14H13Cl2N5O3. The maximum atomic E-state index is 11.4. The first-order valence-electron chi connectivity index (χ1n) is 6.99. The van der Waals surface area contributed by atoms with Gasteiger partial charge in [0.05, 0.1) is 11.1 Å². The SMILES string of the molecule is Nc1nc(-c2cc(Cl)ccc2Cl)nc(N2CC(O)CC2C(=O)O)n1. The summed E-state index contributed by atoms with van der Waals surface area (Å²) >= 11 is 12.1. The largest absolute Gasteiger partial charge is 0.480 e. The van der Waals surface area contributed by atoms with Crippen LogP contribution in [-0.4, -0.2) is 49.8 Å². The van der Waals surface area contributed by atoms with Crippen LogP contribution >= 0.6 is 23.2 Å². The lowest BCUT2D eigenvalue weighted by Gasteiger charge is -2.21. The second kappa shape index (κ2) is 6.39. The fraction of sp³-hybridized carbons (Fsp3) is 0.286. The molecule has 0 bridgehead atoms. The molecule has 0 aliphatic carbocycles. The maximum Gasteiger partial charge on any atom is 0.326 e. The van der Waals surface area contributed by atoms with Gasteiger partial charge in [-0.15, -0.1) is 0 Å². The summed E-state index contributed by atoms with van der Waals surface area (Å²) in [6, 6.07) is 3.86. The van der Waals surface area contributed by atoms with Gasteiger partial charge in [0.1, 0.15) is 6.04 Å². The average Bonchev–Trinajstić information content (AvgIpc) is 2.91. The van der Waals surface area contributed by atoms with Crippen molar-refractivity contribution in [3.8, 4) is 11.4 Å². The van der Waals surface area contributed by atoms with Crippen LogP contribution in [0.2, 0.25) is 10.0 Å². The van der Waals surface area contributed by atoms with Crippen LogP contribution in [0.1, 0.15) is 6.42 Å². The highest BCUT2D eigenvalue weighted by Crippen LogP contribution is 2.31. The molecule has 1 aliphatic rings. The van der Waals surface area contributed by atoms with Crippen molar-refractivity contribution in [1.29, 1.82) is 0 Å². The molecule has 10 heteroatoms. The monoisotopic (exact) mass is 369 g/mol. The van der Waals surface area contributed by atoms with E-state index in [1.165, 1.54) is 4.90 Å². The Labute approximate surface area is 146 Å². The molecule has 2 heterocycles. The van der Waals surface area contributed by atoms with Gasteiger partial charge in [0.15, 0.2) is 5.82 Å². The number of nitrogens with zero attached hydrogens (tertiary/aromatic N) is 4. The van der Waals surface area contributed by atoms with Crippen molar-refractivity contribution in [2.45, 2.75) is 18.6 Å². The van der Waals surface area contributed by atoms with Crippen LogP contribution < -0.4 is 10.6 Å². The number of benzene rings is 1. The van der Waals surface area contributed by atoms with Crippen molar-refractivity contribution < 1.29 is 15.0 Å². The van der Waals surface area contributed by atoms with Gasteiger partial charge >= 0.3 is 5.97 Å². The Morgan fingerprint density at radius 2 is 2.04 bits per heavy atom. The van der Waals surface area contributed by atoms with Gasteiger partial charge in [-0.05, 0) is 18.2 Å². The highest BCUT2D eigenvalue weighted by molar-refractivity contribution is 6.35. The molecule has 24 heavy (non-hydrogen) atoms. The molecule has 1 aliphatic heterocycles. The minimum atomic E-state index is -1.08. The zero-order chi connectivity index (χ0) is 17.4. The number of halogens is 2. The number of hydrogen-bond acceptors (Lipinski definition) is 7. The highest BCUT2D eigenvalue weighted by Gasteiger charge is 2.38. The predicted molar refractivity (Wildman–Crippen MR) is 89.1 cm³/mol. The van der Waals surface area contributed by atoms with Crippen molar-refractivity contribution in [2.75, 3.05) is 17.2 Å². The minimum absolute atomic E-state index is 0.0671. The van der Waals surface area contributed by atoms with Crippen LogP contribution in [0.4, 0.5) is 11.9 Å². The molecule has 2 atom stereocenters. The van der Waals surface area contributed by atoms with E-state index < -0.39 is 18.1 Å². The van der Waals surface area contributed by atoms with E-state index in [-0.39, 0.29) is 30.7 Å². The van der Waals surface area contributed by atoms with Gasteiger partial charge in [-0.3, -0.25) is 0 Å². The van der Waals surface area contributed by atoms with Gasteiger partial charge in [-0.25, -0.2) is 4.79 Å². The van der Waals surface area contributed by atoms with Crippen LogP contribution in [0.25, 0.3) is 11.4 Å². The second-order valence-corrected chi connectivity index (χ2v) is 6.18. The van der Waals surface area contributed by atoms with Gasteiger partial charge in [-0.2, -0.15) is 15.0 Å². The Morgan fingerprint density at radius 3 is 2.75 bits per heavy atom. The van der Waals surface area contributed by atoms with E-state index in [9.17, 15) is 15.0 Å². The number of aliphatic carboxylic acids is 1. The predicted octanol–water partition coefficient (Wildman–Crippen LogP) is 1.45. The number of carbonyl (C=O) groups is 1. The summed E-state index contributed by atoms with van der Waals surface area (Å²) in [7, 11) is 0. The zero-order valence-corrected chi connectivity index (χ0v) is 13.7. The Bertz CT molecular complexity index is 804. The normalized spacial score (nSPS) is 20.4. The number of anilines is 2. The summed E-state index contributed by atoms with van der Waals surface area (Å²) in [6.07, 6.45) is -0.712. The zero-order valence-electron chi connectivity index (χ0n) is 12.2. The van der Waals surface area contributed by atoms with Crippen molar-refractivity contribution >= 4 is 41.1 Å². The van der Waals surface area contributed by atoms with Gasteiger partial charge < -0.3 is 20.8 Å². The molecule has 1 fully saturated rings. The Morgan fingerprint density at radius 1 is 1.29 bits per heavy atom. The van der Waals surface area contributed by atoms with E-state index >= 15 is 0 Å². The van der Waals surface area contributed by atoms with E-state index in [0.717, 1.165) is 0 Å². The van der Waals surface area contributed by atoms with Crippen molar-refractivity contribution in [3.05, 3.63) is 28.2 Å². The number of aromatic nitrogens is 3. The number of nitrogen functional groups attached to an aromatic ring is 1. The van der Waals surface area contributed by atoms with E-state index in [1.54, 1.807) is 18.2 Å². The van der Waals surface area contributed by atoms with Crippen molar-refractivity contribution in [2.24, 2.45) is 0 Å². The number of hydrogen-bond donors (Lipinski definition) is 3. The molecule has 1 aromatic carbocycles. The van der Waals surface area contributed by atoms with Crippen molar-refractivity contribution in [3.63, 3.8) is 0 Å². The lowest BCUT2D eigenvalue weighted by molar-refractivity contribution is -0.138. The fourth-order valence-electron chi connectivity index (χ4n) is 2.57. The summed E-state index contributed by atoms with van der Waals surface area (Å²) in [6.45, 7) is 0.0864. The summed E-state index contributed by atoms with van der Waals surface area (Å²) in [5, 5.41) is 19.9. The lowest BCUT2D eigenvalue weighted by atomic mass is 10.2. The molecule has 8 nitrogen and oxygen atoms in total. The van der Waals surface area contributed by atoms with Gasteiger partial charge in [0.25, 0.3) is 0 Å². The summed E-state index contributed by atoms with van der Waals surface area (Å²) < 4.78 is 0. The minimum Gasteiger partial charge on any atom is -0.480 e. The molecular weight excluding hydrogens is 357 g/mol. The molecule has 2 aromatic rings. The molecule has 2 unspecified atom stereocenters. The highest BCUT2D eigenvalue weighted by atomic mass is 35.5. The van der Waals surface area contributed by atoms with E-state index in [0.29, 0.717) is 15.6 Å². The molecule has 0 saturated carbocycles. The number of carboxylic acids is 1. The molecule has 0 amide bonds. The number of rotatable bonds is 3. The smallest absolute Gasteiger partial charge is 0.326 e. The average molecular weight is 370 g/mol. The summed E-state index contributed by atoms with van der Waals surface area (Å²) in [5.41, 5.74) is 6.18. The first kappa shape index (κ1) is 16.7. The summed E-state index contributed by atoms with van der Waals surface area (Å²) in [4.78, 5) is 25.1. The topological polar surface area (TPSA) is 125 Å². The van der Waals surface area contributed by atoms with Gasteiger partial charge in [0, 0.05) is 23.6 Å². The van der Waals surface area contributed by atoms with Crippen LogP contribution in [0.5, 0.6) is 0 Å². The fourth-order valence-corrected chi connectivity index (χ4v) is 2.94. The van der Waals surface area contributed by atoms with E-state index in [4.69, 9.17) is 28.9 Å². The molecule has 126 valence electrons. The Balaban J connectivity index is 2.06. The van der Waals surface area contributed by atoms with Gasteiger partial charge in [-0.1, -0.05) is 23.2 Å². The second-order valence-electron chi connectivity index (χ2n) is 5.34. The molecule has 3 rings (SSSR count). The summed E-state index contributed by atoms with van der Waals surface area (Å²) in [5.74, 6) is -0.919. The number of aliphatic hydroxyl groups excluding tert-OH is 1. The van der Waals surface area contributed by atoms with E-state index in [1.807, 2.05) is 0 Å². The number of nitrogens with two attached hydrogens (primary N) is 1. The molecule has 1 aromatic heterocycles. The lowest BCUT2D eigenvalue weighted by Crippen LogP contribution is -2.37. The Kier molecular flexibility index (Phi) is 4.44. The third-order valence-electron chi connectivity index (χ3n) is 3.63. The van der Waals surface area contributed by atoms with Gasteiger partial charge in [0.2, 0.25) is 11.9 Å². The van der Waals surface area contributed by atoms with Crippen LogP contribution in [0.15, 0.2) is 18.2 Å². The third kappa shape index (κ3) is 3.21. The first-order valence-corrected chi connectivity index (χ1v) is 7.75. The standard InChI is InChI=1S/C14H13Cl2N5O3/c15-6-1-2-9(16)8(3-6)11-18-13(17)20-14(19-11)21-5-7(22)4-10(21)12(23)24/h1-3,7,10,22H,4-5H2,(H,23,24)(H2,17,18,19,20). The molecule has 4 N–H and O–H groups in total. The van der Waals surface area contributed by atoms with E-state index in [2.05, 4.69) is 15.0 Å². The third-order valence-corrected chi connectivity index (χ3v) is 4.20. The first-order chi connectivity index (χ1) is 11.3. The van der Waals surface area contributed by atoms with Crippen LogP contribution in [-0.2, 0) is 4.79 Å². The quantitative estimate of drug-likeness (QED) is 0.741. The number of carboxylic acid groups (broad SMARTS) is 1. The maximum absolute atomic E-state index is 11.4. The Hall–Kier alpha value is -2.16. The van der Waals surface area contributed by atoms with Crippen LogP contribution in [0, 0.1) is 0 Å². The van der Waals surface area contributed by atoms with Crippen LogP contribution in [0.3, 0.4) is 0 Å². The molecule has 1 saturated heterocycles.